The molecular formula is C11H22N2O2. The second kappa shape index (κ2) is 6.80. The summed E-state index contributed by atoms with van der Waals surface area (Å²) in [5, 5.41) is 3.30. The van der Waals surface area contributed by atoms with Crippen LogP contribution in [-0.4, -0.2) is 50.7 Å². The van der Waals surface area contributed by atoms with Crippen molar-refractivity contribution in [1.29, 1.82) is 0 Å². The highest BCUT2D eigenvalue weighted by Gasteiger charge is 2.13. The number of carbonyl (C=O) groups is 1. The zero-order chi connectivity index (χ0) is 11.1. The van der Waals surface area contributed by atoms with Gasteiger partial charge in [0.2, 0.25) is 5.91 Å². The Hall–Kier alpha value is -0.610. The van der Waals surface area contributed by atoms with Crippen LogP contribution in [0.3, 0.4) is 0 Å². The Labute approximate surface area is 92.0 Å². The number of rotatable bonds is 5. The van der Waals surface area contributed by atoms with Gasteiger partial charge >= 0.3 is 0 Å². The van der Waals surface area contributed by atoms with Crippen LogP contribution >= 0.6 is 0 Å². The highest BCUT2D eigenvalue weighted by atomic mass is 16.5. The molecule has 1 heterocycles. The maximum absolute atomic E-state index is 11.3. The molecule has 0 radical (unpaired) electrons. The van der Waals surface area contributed by atoms with Crippen LogP contribution in [0.2, 0.25) is 0 Å². The lowest BCUT2D eigenvalue weighted by molar-refractivity contribution is -0.129. The third-order valence-electron chi connectivity index (χ3n) is 2.67. The lowest BCUT2D eigenvalue weighted by atomic mass is 10.1. The van der Waals surface area contributed by atoms with E-state index in [0.29, 0.717) is 19.1 Å². The molecule has 0 unspecified atom stereocenters. The minimum atomic E-state index is 0.184. The van der Waals surface area contributed by atoms with Crippen molar-refractivity contribution in [3.63, 3.8) is 0 Å². The molecule has 1 amide bonds. The maximum atomic E-state index is 11.3. The first-order chi connectivity index (χ1) is 7.20. The fraction of sp³-hybridized carbons (Fsp3) is 0.909. The van der Waals surface area contributed by atoms with Crippen LogP contribution in [0.25, 0.3) is 0 Å². The molecule has 0 spiro atoms. The Kier molecular flexibility index (Phi) is 5.65. The predicted molar refractivity (Wildman–Crippen MR) is 59.8 cm³/mol. The van der Waals surface area contributed by atoms with E-state index in [2.05, 4.69) is 5.32 Å². The zero-order valence-electron chi connectivity index (χ0n) is 9.79. The molecule has 0 atom stereocenters. The van der Waals surface area contributed by atoms with Crippen molar-refractivity contribution < 1.29 is 9.53 Å². The standard InChI is InChI=1S/C11H22N2O2/c1-13(2)11(14)4-3-9-15-10-5-7-12-8-6-10/h10,12H,3-9H2,1-2H3. The van der Waals surface area contributed by atoms with Gasteiger partial charge in [-0.3, -0.25) is 4.79 Å². The number of hydrogen-bond acceptors (Lipinski definition) is 3. The summed E-state index contributed by atoms with van der Waals surface area (Å²) in [7, 11) is 3.58. The monoisotopic (exact) mass is 214 g/mol. The molecule has 1 N–H and O–H groups in total. The second-order valence-corrected chi connectivity index (χ2v) is 4.21. The number of nitrogens with one attached hydrogen (secondary N) is 1. The fourth-order valence-electron chi connectivity index (χ4n) is 1.66. The summed E-state index contributed by atoms with van der Waals surface area (Å²) >= 11 is 0. The van der Waals surface area contributed by atoms with Gasteiger partial charge in [-0.05, 0) is 32.4 Å². The largest absolute Gasteiger partial charge is 0.378 e. The van der Waals surface area contributed by atoms with Crippen molar-refractivity contribution in [1.82, 2.24) is 10.2 Å². The maximum Gasteiger partial charge on any atom is 0.222 e. The van der Waals surface area contributed by atoms with Gasteiger partial charge in [0.1, 0.15) is 0 Å². The molecule has 0 saturated carbocycles. The van der Waals surface area contributed by atoms with Gasteiger partial charge in [0.05, 0.1) is 6.10 Å². The van der Waals surface area contributed by atoms with Gasteiger partial charge in [-0.1, -0.05) is 0 Å². The van der Waals surface area contributed by atoms with Crippen molar-refractivity contribution in [2.75, 3.05) is 33.8 Å². The van der Waals surface area contributed by atoms with Crippen molar-refractivity contribution in [2.45, 2.75) is 31.8 Å². The van der Waals surface area contributed by atoms with Crippen LogP contribution < -0.4 is 5.32 Å². The van der Waals surface area contributed by atoms with Gasteiger partial charge in [-0.15, -0.1) is 0 Å². The first kappa shape index (κ1) is 12.5. The van der Waals surface area contributed by atoms with E-state index in [4.69, 9.17) is 4.74 Å². The summed E-state index contributed by atoms with van der Waals surface area (Å²) in [6, 6.07) is 0. The highest BCUT2D eigenvalue weighted by Crippen LogP contribution is 2.08. The molecule has 88 valence electrons. The molecule has 15 heavy (non-hydrogen) atoms. The minimum Gasteiger partial charge on any atom is -0.378 e. The van der Waals surface area contributed by atoms with Crippen LogP contribution in [0, 0.1) is 0 Å². The van der Waals surface area contributed by atoms with E-state index in [1.54, 1.807) is 19.0 Å². The number of hydrogen-bond donors (Lipinski definition) is 1. The number of piperidine rings is 1. The number of ether oxygens (including phenoxy) is 1. The lowest BCUT2D eigenvalue weighted by Gasteiger charge is -2.22. The average Bonchev–Trinajstić information content (AvgIpc) is 2.25. The van der Waals surface area contributed by atoms with E-state index in [9.17, 15) is 4.79 Å². The summed E-state index contributed by atoms with van der Waals surface area (Å²) in [4.78, 5) is 12.9. The molecule has 0 aliphatic carbocycles. The Morgan fingerprint density at radius 2 is 2.07 bits per heavy atom. The quantitative estimate of drug-likeness (QED) is 0.682. The number of nitrogens with zero attached hydrogens (tertiary/aromatic N) is 1. The summed E-state index contributed by atoms with van der Waals surface area (Å²) in [6.45, 7) is 2.83. The predicted octanol–water partition coefficient (Wildman–Crippen LogP) is 0.623. The third-order valence-corrected chi connectivity index (χ3v) is 2.67. The molecule has 1 fully saturated rings. The molecule has 0 aromatic heterocycles. The highest BCUT2D eigenvalue weighted by molar-refractivity contribution is 5.75. The van der Waals surface area contributed by atoms with Crippen molar-refractivity contribution >= 4 is 5.91 Å². The lowest BCUT2D eigenvalue weighted by Crippen LogP contribution is -2.32. The van der Waals surface area contributed by atoms with E-state index in [-0.39, 0.29) is 5.91 Å². The summed E-state index contributed by atoms with van der Waals surface area (Å²) in [5.74, 6) is 0.184. The number of amides is 1. The van der Waals surface area contributed by atoms with Gasteiger partial charge in [0.25, 0.3) is 0 Å². The Balaban J connectivity index is 1.98. The van der Waals surface area contributed by atoms with E-state index < -0.39 is 0 Å². The Morgan fingerprint density at radius 3 is 2.67 bits per heavy atom. The average molecular weight is 214 g/mol. The molecule has 0 bridgehead atoms. The molecule has 0 aromatic rings. The fourth-order valence-corrected chi connectivity index (χ4v) is 1.66. The Bertz CT molecular complexity index is 189. The van der Waals surface area contributed by atoms with E-state index in [1.165, 1.54) is 0 Å². The molecule has 1 rings (SSSR count). The topological polar surface area (TPSA) is 41.6 Å². The van der Waals surface area contributed by atoms with Gasteiger partial charge in [0, 0.05) is 27.1 Å². The molecule has 4 nitrogen and oxygen atoms in total. The third kappa shape index (κ3) is 5.14. The minimum absolute atomic E-state index is 0.184. The van der Waals surface area contributed by atoms with E-state index >= 15 is 0 Å². The first-order valence-electron chi connectivity index (χ1n) is 5.72. The van der Waals surface area contributed by atoms with Crippen LogP contribution in [0.5, 0.6) is 0 Å². The SMILES string of the molecule is CN(C)C(=O)CCCOC1CCNCC1. The van der Waals surface area contributed by atoms with Crippen LogP contribution in [-0.2, 0) is 9.53 Å². The first-order valence-corrected chi connectivity index (χ1v) is 5.72. The van der Waals surface area contributed by atoms with E-state index in [1.807, 2.05) is 0 Å². The molecule has 1 aliphatic rings. The molecule has 4 heteroatoms. The van der Waals surface area contributed by atoms with Gasteiger partial charge in [-0.2, -0.15) is 0 Å². The molecule has 1 saturated heterocycles. The Morgan fingerprint density at radius 1 is 1.40 bits per heavy atom. The molecule has 1 aliphatic heterocycles. The van der Waals surface area contributed by atoms with Gasteiger partial charge < -0.3 is 15.0 Å². The molecular weight excluding hydrogens is 192 g/mol. The van der Waals surface area contributed by atoms with Crippen molar-refractivity contribution in [2.24, 2.45) is 0 Å². The van der Waals surface area contributed by atoms with Crippen molar-refractivity contribution in [3.8, 4) is 0 Å². The van der Waals surface area contributed by atoms with Crippen molar-refractivity contribution in [3.05, 3.63) is 0 Å². The summed E-state index contributed by atoms with van der Waals surface area (Å²) < 4.78 is 5.70. The summed E-state index contributed by atoms with van der Waals surface area (Å²) in [6.07, 6.45) is 4.03. The van der Waals surface area contributed by atoms with Crippen LogP contribution in [0.4, 0.5) is 0 Å². The smallest absolute Gasteiger partial charge is 0.222 e. The second-order valence-electron chi connectivity index (χ2n) is 4.21. The zero-order valence-corrected chi connectivity index (χ0v) is 9.79. The van der Waals surface area contributed by atoms with Crippen LogP contribution in [0.1, 0.15) is 25.7 Å². The number of carbonyl (C=O) groups excluding carboxylic acids is 1. The van der Waals surface area contributed by atoms with Gasteiger partial charge in [-0.25, -0.2) is 0 Å². The van der Waals surface area contributed by atoms with E-state index in [0.717, 1.165) is 32.4 Å². The van der Waals surface area contributed by atoms with Gasteiger partial charge in [0.15, 0.2) is 0 Å². The normalized spacial score (nSPS) is 17.7. The molecule has 0 aromatic carbocycles. The van der Waals surface area contributed by atoms with Crippen LogP contribution in [0.15, 0.2) is 0 Å². The summed E-state index contributed by atoms with van der Waals surface area (Å²) in [5.41, 5.74) is 0.